The molecular formula is C58H63OOsP+. The normalized spacial score (nSPS) is 16.3. The molecular weight excluding hydrogens is 934 g/mol. The van der Waals surface area contributed by atoms with Gasteiger partial charge in [-0.3, -0.25) is 0 Å². The second kappa shape index (κ2) is 21.6. The van der Waals surface area contributed by atoms with Crippen LogP contribution >= 0.6 is 7.26 Å². The molecule has 7 rings (SSSR count). The van der Waals surface area contributed by atoms with Crippen molar-refractivity contribution in [1.82, 2.24) is 0 Å². The first kappa shape index (κ1) is 44.7. The summed E-state index contributed by atoms with van der Waals surface area (Å²) in [5.41, 5.74) is 12.2. The van der Waals surface area contributed by atoms with Crippen molar-refractivity contribution in [2.75, 3.05) is 13.2 Å². The Bertz CT molecular complexity index is 2340. The van der Waals surface area contributed by atoms with Gasteiger partial charge >= 0.3 is 321 Å². The first-order chi connectivity index (χ1) is 30.0. The molecule has 0 atom stereocenters. The maximum atomic E-state index is 6.10. The minimum atomic E-state index is -2.43. The molecule has 1 fully saturated rings. The third kappa shape index (κ3) is 9.51. The van der Waals surface area contributed by atoms with Crippen LogP contribution in [0.2, 0.25) is 0 Å². The Morgan fingerprint density at radius 2 is 1.11 bits per heavy atom. The van der Waals surface area contributed by atoms with Crippen molar-refractivity contribution in [2.45, 2.75) is 97.3 Å². The first-order valence-electron chi connectivity index (χ1n) is 22.7. The van der Waals surface area contributed by atoms with Gasteiger partial charge in [-0.1, -0.05) is 51.7 Å². The van der Waals surface area contributed by atoms with E-state index >= 15 is 0 Å². The summed E-state index contributed by atoms with van der Waals surface area (Å²) in [5.74, 6) is 0. The van der Waals surface area contributed by atoms with E-state index < -0.39 is 7.26 Å². The van der Waals surface area contributed by atoms with Crippen molar-refractivity contribution in [3.63, 3.8) is 0 Å². The zero-order valence-electron chi connectivity index (χ0n) is 36.8. The van der Waals surface area contributed by atoms with Crippen molar-refractivity contribution >= 4 is 35.3 Å². The SMILES string of the molecule is CC=C1COCC1=CC(/C=C/c1ccc2c(c1)C(CCCCCC)(CCCCCC)c1cc(/C=C/C)ccc1-2)=C([C]#[Os])[P+](c1ccccc1)(c1ccccc1)c1ccccc1. The van der Waals surface area contributed by atoms with E-state index in [4.69, 9.17) is 4.74 Å². The molecule has 0 aromatic heterocycles. The number of unbranched alkanes of at least 4 members (excludes halogenated alkanes) is 6. The van der Waals surface area contributed by atoms with Crippen LogP contribution in [0.5, 0.6) is 0 Å². The summed E-state index contributed by atoms with van der Waals surface area (Å²) in [6.45, 7) is 10.2. The van der Waals surface area contributed by atoms with Crippen molar-refractivity contribution in [2.24, 2.45) is 0 Å². The van der Waals surface area contributed by atoms with Gasteiger partial charge in [-0.25, -0.2) is 0 Å². The van der Waals surface area contributed by atoms with Gasteiger partial charge in [0, 0.05) is 0 Å². The Morgan fingerprint density at radius 1 is 0.623 bits per heavy atom. The Hall–Kier alpha value is -4.39. The van der Waals surface area contributed by atoms with Gasteiger partial charge < -0.3 is 0 Å². The molecule has 5 aromatic rings. The number of ether oxygens (including phenoxy) is 1. The summed E-state index contributed by atoms with van der Waals surface area (Å²) < 4.78 is 10.0. The Morgan fingerprint density at radius 3 is 1.57 bits per heavy atom. The van der Waals surface area contributed by atoms with Gasteiger partial charge in [0.1, 0.15) is 0 Å². The molecule has 5 aromatic carbocycles. The van der Waals surface area contributed by atoms with Gasteiger partial charge in [-0.15, -0.1) is 0 Å². The van der Waals surface area contributed by atoms with Crippen LogP contribution in [0.15, 0.2) is 174 Å². The van der Waals surface area contributed by atoms with E-state index in [0.717, 1.165) is 0 Å². The summed E-state index contributed by atoms with van der Waals surface area (Å²) in [7, 11) is -2.43. The first-order valence-corrected chi connectivity index (χ1v) is 25.8. The zero-order chi connectivity index (χ0) is 42.5. The van der Waals surface area contributed by atoms with Gasteiger partial charge in [-0.05, 0) is 6.92 Å². The molecule has 1 aliphatic heterocycles. The molecule has 313 valence electrons. The molecule has 0 saturated carbocycles. The molecule has 3 heteroatoms. The maximum absolute atomic E-state index is 6.10. The van der Waals surface area contributed by atoms with Crippen LogP contribution in [-0.2, 0) is 28.1 Å². The molecule has 0 spiro atoms. The molecule has 0 radical (unpaired) electrons. The molecule has 1 heterocycles. The van der Waals surface area contributed by atoms with Gasteiger partial charge in [0.15, 0.2) is 0 Å². The van der Waals surface area contributed by atoms with E-state index in [0.29, 0.717) is 13.2 Å². The van der Waals surface area contributed by atoms with Gasteiger partial charge in [0.05, 0.1) is 0 Å². The minimum absolute atomic E-state index is 0.00210. The average molecular weight is 997 g/mol. The van der Waals surface area contributed by atoms with E-state index in [1.165, 1.54) is 130 Å². The number of hydrogen-bond donors (Lipinski definition) is 0. The number of rotatable bonds is 18. The number of benzene rings is 5. The van der Waals surface area contributed by atoms with Crippen LogP contribution in [0.25, 0.3) is 23.3 Å². The molecule has 0 bridgehead atoms. The van der Waals surface area contributed by atoms with Crippen LogP contribution in [0.1, 0.15) is 114 Å². The molecule has 0 amide bonds. The summed E-state index contributed by atoms with van der Waals surface area (Å²) in [4.78, 5) is 0. The fourth-order valence-corrected chi connectivity index (χ4v) is 15.6. The van der Waals surface area contributed by atoms with Crippen molar-refractivity contribution < 1.29 is 22.7 Å². The van der Waals surface area contributed by atoms with Crippen LogP contribution < -0.4 is 15.9 Å². The monoisotopic (exact) mass is 998 g/mol. The van der Waals surface area contributed by atoms with Gasteiger partial charge in [0.25, 0.3) is 0 Å². The number of allylic oxidation sites excluding steroid dienone is 6. The molecule has 1 aliphatic carbocycles. The molecule has 1 saturated heterocycles. The van der Waals surface area contributed by atoms with Crippen LogP contribution in [-0.4, -0.2) is 13.2 Å². The predicted molar refractivity (Wildman–Crippen MR) is 263 cm³/mol. The second-order valence-corrected chi connectivity index (χ2v) is 20.7. The second-order valence-electron chi connectivity index (χ2n) is 16.7. The van der Waals surface area contributed by atoms with Crippen molar-refractivity contribution in [1.29, 1.82) is 0 Å². The third-order valence-corrected chi connectivity index (χ3v) is 18.3. The van der Waals surface area contributed by atoms with Crippen LogP contribution in [0.3, 0.4) is 0 Å². The fourth-order valence-electron chi connectivity index (χ4n) is 9.82. The van der Waals surface area contributed by atoms with Crippen molar-refractivity contribution in [3.05, 3.63) is 196 Å². The summed E-state index contributed by atoms with van der Waals surface area (Å²) in [5, 5.41) is 5.21. The van der Waals surface area contributed by atoms with Crippen LogP contribution in [0, 0.1) is 4.37 Å². The Labute approximate surface area is 377 Å². The number of fused-ring (bicyclic) bond motifs is 3. The molecule has 0 N–H and O–H groups in total. The summed E-state index contributed by atoms with van der Waals surface area (Å²) in [6.07, 6.45) is 26.4. The molecule has 61 heavy (non-hydrogen) atoms. The van der Waals surface area contributed by atoms with Crippen LogP contribution in [0.4, 0.5) is 0 Å². The molecule has 1 nitrogen and oxygen atoms in total. The van der Waals surface area contributed by atoms with E-state index in [1.807, 2.05) is 17.9 Å². The van der Waals surface area contributed by atoms with Gasteiger partial charge in [0.2, 0.25) is 0 Å². The topological polar surface area (TPSA) is 9.23 Å². The zero-order valence-corrected chi connectivity index (χ0v) is 40.2. The van der Waals surface area contributed by atoms with Crippen molar-refractivity contribution in [3.8, 4) is 15.5 Å². The fraction of sp³-hybridized carbons (Fsp3) is 0.293. The van der Waals surface area contributed by atoms with E-state index in [2.05, 4.69) is 196 Å². The molecule has 0 unspecified atom stereocenters. The Balaban J connectivity index is 1.46. The predicted octanol–water partition coefficient (Wildman–Crippen LogP) is 14.6. The van der Waals surface area contributed by atoms with E-state index in [-0.39, 0.29) is 5.41 Å². The van der Waals surface area contributed by atoms with Gasteiger partial charge in [-0.2, -0.15) is 0 Å². The quantitative estimate of drug-likeness (QED) is 0.0483. The summed E-state index contributed by atoms with van der Waals surface area (Å²) >= 11 is 1.85. The third-order valence-electron chi connectivity index (χ3n) is 12.9. The van der Waals surface area contributed by atoms with E-state index in [1.54, 1.807) is 5.56 Å². The van der Waals surface area contributed by atoms with E-state index in [9.17, 15) is 0 Å². The average Bonchev–Trinajstić information content (AvgIpc) is 3.87. The standard InChI is InChI=1S/C58H63OP.Os/c1-6-10-12-23-38-58(39-24-13-11-7-2)56-40-46(25-8-3)33-36-54(56)55-37-34-47(41-57(55)58)32-35-49(42-50-44-59-43-48(50)9-4)45(5)60(51-26-17-14-18-27-51,52-28-19-15-20-29-52)53-30-21-16-22-31-53;/h8-9,14-22,25-37,40-42H,6-7,10-13,23-24,38-39,43-44H2,1-4H3;/q+1;/b25-8+,35-32+,48-9?,49-45?,50-42?;. The number of hydrogen-bond acceptors (Lipinski definition) is 1. The summed E-state index contributed by atoms with van der Waals surface area (Å²) in [6, 6.07) is 48.2. The molecule has 2 aliphatic rings. The Kier molecular flexibility index (Phi) is 15.8.